The van der Waals surface area contributed by atoms with E-state index in [0.717, 1.165) is 7.11 Å². The van der Waals surface area contributed by atoms with Gasteiger partial charge in [-0.25, -0.2) is 0 Å². The summed E-state index contributed by atoms with van der Waals surface area (Å²) >= 11 is 0. The third kappa shape index (κ3) is 3.70. The predicted molar refractivity (Wildman–Crippen MR) is 53.4 cm³/mol. The molecule has 0 saturated heterocycles. The van der Waals surface area contributed by atoms with Gasteiger partial charge in [-0.1, -0.05) is 0 Å². The third-order valence-electron chi connectivity index (χ3n) is 1.86. The molecule has 102 valence electrons. The Bertz CT molecular complexity index is 539. The predicted octanol–water partition coefficient (Wildman–Crippen LogP) is 1.96. The summed E-state index contributed by atoms with van der Waals surface area (Å²) in [7, 11) is 1.03. The van der Waals surface area contributed by atoms with Gasteiger partial charge in [0.15, 0.2) is 5.75 Å². The molecule has 0 aliphatic heterocycles. The van der Waals surface area contributed by atoms with Crippen molar-refractivity contribution in [1.29, 1.82) is 5.26 Å². The second-order valence-corrected chi connectivity index (χ2v) is 3.10. The molecule has 0 unspecified atom stereocenters. The Labute approximate surface area is 104 Å². The zero-order valence-electron chi connectivity index (χ0n) is 9.39. The van der Waals surface area contributed by atoms with Gasteiger partial charge in [-0.05, 0) is 9.91 Å². The van der Waals surface area contributed by atoms with E-state index in [1.807, 2.05) is 0 Å². The number of nitrogens with zero attached hydrogens (tertiary/aromatic N) is 3. The molecule has 7 nitrogen and oxygen atoms in total. The average molecular weight is 277 g/mol. The highest BCUT2D eigenvalue weighted by Gasteiger charge is 2.35. The van der Waals surface area contributed by atoms with Crippen molar-refractivity contribution in [2.24, 2.45) is 0 Å². The number of aromatic nitrogens is 1. The molecule has 0 saturated carbocycles. The van der Waals surface area contributed by atoms with Crippen LogP contribution in [0.25, 0.3) is 0 Å². The number of rotatable bonds is 4. The molecule has 19 heavy (non-hydrogen) atoms. The molecule has 10 heteroatoms. The molecule has 1 aromatic rings. The van der Waals surface area contributed by atoms with Crippen molar-refractivity contribution in [2.45, 2.75) is 12.8 Å². The van der Waals surface area contributed by atoms with Crippen LogP contribution in [0, 0.1) is 21.4 Å². The van der Waals surface area contributed by atoms with Gasteiger partial charge < -0.3 is 19.6 Å². The summed E-state index contributed by atoms with van der Waals surface area (Å²) in [6.45, 7) is 0. The molecular formula is C9H6F3N3O4. The van der Waals surface area contributed by atoms with Crippen LogP contribution in [0.3, 0.4) is 0 Å². The first kappa shape index (κ1) is 14.5. The van der Waals surface area contributed by atoms with Crippen LogP contribution in [0.1, 0.15) is 5.69 Å². The fourth-order valence-electron chi connectivity index (χ4n) is 1.25. The zero-order valence-corrected chi connectivity index (χ0v) is 9.39. The van der Waals surface area contributed by atoms with Crippen LogP contribution < -0.4 is 9.47 Å². The van der Waals surface area contributed by atoms with Crippen molar-refractivity contribution >= 4 is 5.82 Å². The minimum Gasteiger partial charge on any atom is -0.489 e. The molecule has 0 aromatic carbocycles. The summed E-state index contributed by atoms with van der Waals surface area (Å²) < 4.78 is 44.8. The van der Waals surface area contributed by atoms with Gasteiger partial charge in [0.2, 0.25) is 11.4 Å². The van der Waals surface area contributed by atoms with Gasteiger partial charge in [0.05, 0.1) is 19.2 Å². The fraction of sp³-hybridized carbons (Fsp3) is 0.333. The van der Waals surface area contributed by atoms with Gasteiger partial charge in [0.1, 0.15) is 6.42 Å². The largest absolute Gasteiger partial charge is 0.573 e. The van der Waals surface area contributed by atoms with Gasteiger partial charge in [0.25, 0.3) is 0 Å². The molecule has 0 bridgehead atoms. The van der Waals surface area contributed by atoms with Crippen LogP contribution in [-0.4, -0.2) is 23.4 Å². The van der Waals surface area contributed by atoms with Gasteiger partial charge in [-0.15, -0.1) is 13.2 Å². The normalized spacial score (nSPS) is 10.7. The summed E-state index contributed by atoms with van der Waals surface area (Å²) in [5.41, 5.74) is -0.307. The topological polar surface area (TPSA) is 98.3 Å². The maximum atomic E-state index is 12.2. The van der Waals surface area contributed by atoms with E-state index in [-0.39, 0.29) is 5.69 Å². The Kier molecular flexibility index (Phi) is 4.11. The van der Waals surface area contributed by atoms with E-state index < -0.39 is 35.0 Å². The quantitative estimate of drug-likeness (QED) is 0.616. The number of nitriles is 1. The minimum absolute atomic E-state index is 0.307. The number of halogens is 3. The molecule has 1 aromatic heterocycles. The highest BCUT2D eigenvalue weighted by molar-refractivity contribution is 5.49. The molecule has 1 heterocycles. The molecule has 0 fully saturated rings. The van der Waals surface area contributed by atoms with Gasteiger partial charge in [-0.3, -0.25) is 0 Å². The SMILES string of the molecule is COc1c(OC(F)(F)F)cc([N+](=O)[O-])nc1CC#N. The molecule has 0 N–H and O–H groups in total. The van der Waals surface area contributed by atoms with Crippen LogP contribution in [0.15, 0.2) is 6.07 Å². The number of hydrogen-bond acceptors (Lipinski definition) is 6. The van der Waals surface area contributed by atoms with E-state index in [0.29, 0.717) is 6.07 Å². The molecule has 0 aliphatic rings. The van der Waals surface area contributed by atoms with Gasteiger partial charge in [0, 0.05) is 0 Å². The Morgan fingerprint density at radius 2 is 2.21 bits per heavy atom. The lowest BCUT2D eigenvalue weighted by molar-refractivity contribution is -0.389. The van der Waals surface area contributed by atoms with E-state index in [2.05, 4.69) is 14.5 Å². The number of ether oxygens (including phenoxy) is 2. The summed E-state index contributed by atoms with van der Waals surface area (Å²) in [6.07, 6.45) is -5.51. The number of hydrogen-bond donors (Lipinski definition) is 0. The average Bonchev–Trinajstić information content (AvgIpc) is 2.26. The van der Waals surface area contributed by atoms with Crippen molar-refractivity contribution in [1.82, 2.24) is 4.98 Å². The second-order valence-electron chi connectivity index (χ2n) is 3.10. The highest BCUT2D eigenvalue weighted by Crippen LogP contribution is 2.36. The van der Waals surface area contributed by atoms with Crippen LogP contribution in [0.4, 0.5) is 19.0 Å². The molecule has 0 atom stereocenters. The molecule has 0 radical (unpaired) electrons. The lowest BCUT2D eigenvalue weighted by Gasteiger charge is -2.12. The standard InChI is InChI=1S/C9H6F3N3O4/c1-18-8-5(2-3-13)14-7(15(16)17)4-6(8)19-9(10,11)12/h4H,2H2,1H3. The van der Waals surface area contributed by atoms with Crippen molar-refractivity contribution in [3.05, 3.63) is 21.9 Å². The number of nitro groups is 1. The first-order chi connectivity index (χ1) is 8.78. The van der Waals surface area contributed by atoms with Crippen molar-refractivity contribution < 1.29 is 27.6 Å². The summed E-state index contributed by atoms with van der Waals surface area (Å²) in [4.78, 5) is 13.0. The van der Waals surface area contributed by atoms with Crippen molar-refractivity contribution in [3.63, 3.8) is 0 Å². The summed E-state index contributed by atoms with van der Waals surface area (Å²) in [5, 5.41) is 19.1. The minimum atomic E-state index is -5.05. The molecule has 0 spiro atoms. The van der Waals surface area contributed by atoms with E-state index in [4.69, 9.17) is 5.26 Å². The first-order valence-electron chi connectivity index (χ1n) is 4.63. The number of methoxy groups -OCH3 is 1. The maximum absolute atomic E-state index is 12.2. The third-order valence-corrected chi connectivity index (χ3v) is 1.86. The Morgan fingerprint density at radius 3 is 2.63 bits per heavy atom. The van der Waals surface area contributed by atoms with E-state index >= 15 is 0 Å². The zero-order chi connectivity index (χ0) is 14.6. The molecular weight excluding hydrogens is 271 g/mol. The smallest absolute Gasteiger partial charge is 0.489 e. The van der Waals surface area contributed by atoms with E-state index in [1.54, 1.807) is 6.07 Å². The number of alkyl halides is 3. The molecule has 1 rings (SSSR count). The van der Waals surface area contributed by atoms with Crippen LogP contribution in [0.2, 0.25) is 0 Å². The van der Waals surface area contributed by atoms with Gasteiger partial charge >= 0.3 is 12.2 Å². The number of pyridine rings is 1. The Morgan fingerprint density at radius 1 is 1.58 bits per heavy atom. The van der Waals surface area contributed by atoms with Crippen molar-refractivity contribution in [2.75, 3.05) is 7.11 Å². The maximum Gasteiger partial charge on any atom is 0.573 e. The van der Waals surface area contributed by atoms with Crippen molar-refractivity contribution in [3.8, 4) is 17.6 Å². The lowest BCUT2D eigenvalue weighted by atomic mass is 10.2. The monoisotopic (exact) mass is 277 g/mol. The highest BCUT2D eigenvalue weighted by atomic mass is 19.4. The van der Waals surface area contributed by atoms with Crippen LogP contribution >= 0.6 is 0 Å². The second kappa shape index (κ2) is 5.38. The lowest BCUT2D eigenvalue weighted by Crippen LogP contribution is -2.18. The Balaban J connectivity index is 3.40. The summed E-state index contributed by atoms with van der Waals surface area (Å²) in [6, 6.07) is 2.09. The van der Waals surface area contributed by atoms with E-state index in [1.165, 1.54) is 0 Å². The van der Waals surface area contributed by atoms with Crippen LogP contribution in [0.5, 0.6) is 11.5 Å². The molecule has 0 aliphatic carbocycles. The fourth-order valence-corrected chi connectivity index (χ4v) is 1.25. The van der Waals surface area contributed by atoms with E-state index in [9.17, 15) is 23.3 Å². The van der Waals surface area contributed by atoms with Gasteiger partial charge in [-0.2, -0.15) is 5.26 Å². The van der Waals surface area contributed by atoms with Crippen LogP contribution in [-0.2, 0) is 6.42 Å². The molecule has 0 amide bonds. The summed E-state index contributed by atoms with van der Waals surface area (Å²) in [5.74, 6) is -2.25. The first-order valence-corrected chi connectivity index (χ1v) is 4.63. The Hall–Kier alpha value is -2.57.